The van der Waals surface area contributed by atoms with Crippen molar-refractivity contribution in [2.75, 3.05) is 0 Å². The third-order valence-electron chi connectivity index (χ3n) is 11.9. The van der Waals surface area contributed by atoms with E-state index in [2.05, 4.69) is 240 Å². The Kier molecular flexibility index (Phi) is 7.87. The molecular formula is C54H38N2Si. The zero-order valence-corrected chi connectivity index (χ0v) is 32.3. The number of rotatable bonds is 7. The molecular weight excluding hydrogens is 705 g/mol. The molecule has 0 fully saturated rings. The molecule has 0 N–H and O–H groups in total. The molecule has 9 aromatic carbocycles. The van der Waals surface area contributed by atoms with Gasteiger partial charge in [-0.25, -0.2) is 0 Å². The number of aromatic nitrogens is 2. The fraction of sp³-hybridized carbons (Fsp3) is 0. The summed E-state index contributed by atoms with van der Waals surface area (Å²) in [6.07, 6.45) is 0. The number of hydrogen-bond acceptors (Lipinski definition) is 0. The van der Waals surface area contributed by atoms with E-state index in [1.165, 1.54) is 75.5 Å². The molecule has 2 aromatic heterocycles. The highest BCUT2D eigenvalue weighted by atomic mass is 28.3. The highest BCUT2D eigenvalue weighted by Gasteiger charge is 2.41. The van der Waals surface area contributed by atoms with Gasteiger partial charge in [0, 0.05) is 27.1 Å². The van der Waals surface area contributed by atoms with Crippen molar-refractivity contribution in [1.82, 2.24) is 9.13 Å². The number of nitrogens with zero attached hydrogens (tertiary/aromatic N) is 2. The SMILES string of the molecule is c1ccc([Si](c2ccccc2)(c2ccccc2)c2cccc(-c3c(-n4c5ccccc5c5ccccc54)cccc3-n3c4ccccc4c4ccccc43)c2)cc1. The molecule has 11 rings (SSSR count). The molecule has 3 heteroatoms. The van der Waals surface area contributed by atoms with Crippen molar-refractivity contribution in [3.8, 4) is 22.5 Å². The van der Waals surface area contributed by atoms with E-state index >= 15 is 0 Å². The van der Waals surface area contributed by atoms with Crippen molar-refractivity contribution < 1.29 is 0 Å². The van der Waals surface area contributed by atoms with Crippen molar-refractivity contribution in [2.24, 2.45) is 0 Å². The molecule has 0 saturated heterocycles. The van der Waals surface area contributed by atoms with Gasteiger partial charge in [0.05, 0.1) is 33.4 Å². The molecule has 0 aliphatic heterocycles. The average Bonchev–Trinajstić information content (AvgIpc) is 3.81. The van der Waals surface area contributed by atoms with Gasteiger partial charge in [0.1, 0.15) is 0 Å². The van der Waals surface area contributed by atoms with Gasteiger partial charge in [-0.1, -0.05) is 194 Å². The largest absolute Gasteiger partial charge is 0.309 e. The molecule has 0 radical (unpaired) electrons. The van der Waals surface area contributed by atoms with Crippen LogP contribution in [0.5, 0.6) is 0 Å². The lowest BCUT2D eigenvalue weighted by Gasteiger charge is -2.34. The quantitative estimate of drug-likeness (QED) is 0.114. The van der Waals surface area contributed by atoms with Gasteiger partial charge in [-0.15, -0.1) is 0 Å². The Balaban J connectivity index is 1.29. The summed E-state index contributed by atoms with van der Waals surface area (Å²) in [6, 6.07) is 85.4. The topological polar surface area (TPSA) is 9.86 Å². The highest BCUT2D eigenvalue weighted by molar-refractivity contribution is 7.19. The summed E-state index contributed by atoms with van der Waals surface area (Å²) in [5.41, 5.74) is 9.43. The van der Waals surface area contributed by atoms with Crippen LogP contribution in [0.15, 0.2) is 231 Å². The van der Waals surface area contributed by atoms with Gasteiger partial charge in [-0.3, -0.25) is 0 Å². The van der Waals surface area contributed by atoms with Crippen LogP contribution in [-0.2, 0) is 0 Å². The zero-order chi connectivity index (χ0) is 37.8. The Hall–Kier alpha value is -7.20. The molecule has 2 heterocycles. The van der Waals surface area contributed by atoms with E-state index in [1.54, 1.807) is 0 Å². The van der Waals surface area contributed by atoms with Crippen LogP contribution < -0.4 is 20.7 Å². The number of hydrogen-bond donors (Lipinski definition) is 0. The standard InChI is InChI=1S/C54H38N2Si/c1-4-21-40(22-5-1)57(41-23-6-2-7-24-41,42-25-8-3-9-26-42)43-27-18-20-39(38-43)54-52(55-48-32-14-10-28-44(48)45-29-11-15-33-49(45)55)36-19-37-53(54)56-50-34-16-12-30-46(50)47-31-13-17-35-51(47)56/h1-38H. The van der Waals surface area contributed by atoms with Gasteiger partial charge in [0.15, 0.2) is 8.07 Å². The van der Waals surface area contributed by atoms with Crippen LogP contribution in [0.1, 0.15) is 0 Å². The highest BCUT2D eigenvalue weighted by Crippen LogP contribution is 2.41. The molecule has 0 unspecified atom stereocenters. The molecule has 0 aliphatic carbocycles. The van der Waals surface area contributed by atoms with Crippen molar-refractivity contribution in [1.29, 1.82) is 0 Å². The van der Waals surface area contributed by atoms with Crippen LogP contribution in [0.2, 0.25) is 0 Å². The van der Waals surface area contributed by atoms with Crippen molar-refractivity contribution >= 4 is 72.4 Å². The summed E-state index contributed by atoms with van der Waals surface area (Å²) in [5.74, 6) is 0. The van der Waals surface area contributed by atoms with Crippen molar-refractivity contribution in [3.05, 3.63) is 231 Å². The number of para-hydroxylation sites is 4. The van der Waals surface area contributed by atoms with E-state index in [0.29, 0.717) is 0 Å². The van der Waals surface area contributed by atoms with Crippen molar-refractivity contribution in [3.63, 3.8) is 0 Å². The Morgan fingerprint density at radius 1 is 0.263 bits per heavy atom. The summed E-state index contributed by atoms with van der Waals surface area (Å²) in [6.45, 7) is 0. The number of benzene rings is 9. The molecule has 0 saturated carbocycles. The lowest BCUT2D eigenvalue weighted by atomic mass is 10.00. The maximum Gasteiger partial charge on any atom is 0.179 e. The van der Waals surface area contributed by atoms with E-state index in [-0.39, 0.29) is 0 Å². The Labute approximate surface area is 333 Å². The molecule has 268 valence electrons. The zero-order valence-electron chi connectivity index (χ0n) is 31.3. The fourth-order valence-electron chi connectivity index (χ4n) is 9.53. The van der Waals surface area contributed by atoms with E-state index in [0.717, 1.165) is 11.4 Å². The van der Waals surface area contributed by atoms with E-state index < -0.39 is 8.07 Å². The maximum atomic E-state index is 2.52. The van der Waals surface area contributed by atoms with Crippen LogP contribution in [-0.4, -0.2) is 17.2 Å². The first-order valence-corrected chi connectivity index (χ1v) is 21.7. The van der Waals surface area contributed by atoms with Crippen LogP contribution in [0, 0.1) is 0 Å². The normalized spacial score (nSPS) is 11.9. The van der Waals surface area contributed by atoms with E-state index in [4.69, 9.17) is 0 Å². The second-order valence-electron chi connectivity index (χ2n) is 14.8. The average molecular weight is 743 g/mol. The van der Waals surface area contributed by atoms with Crippen LogP contribution >= 0.6 is 0 Å². The Morgan fingerprint density at radius 3 is 0.965 bits per heavy atom. The first-order chi connectivity index (χ1) is 28.3. The third kappa shape index (κ3) is 5.10. The molecule has 0 bridgehead atoms. The predicted molar refractivity (Wildman–Crippen MR) is 244 cm³/mol. The van der Waals surface area contributed by atoms with Gasteiger partial charge in [-0.05, 0) is 62.7 Å². The van der Waals surface area contributed by atoms with Gasteiger partial charge in [0.2, 0.25) is 0 Å². The molecule has 0 atom stereocenters. The number of fused-ring (bicyclic) bond motifs is 6. The lowest BCUT2D eigenvalue weighted by Crippen LogP contribution is -2.74. The van der Waals surface area contributed by atoms with E-state index in [1.807, 2.05) is 0 Å². The second kappa shape index (κ2) is 13.5. The van der Waals surface area contributed by atoms with Gasteiger partial charge in [0.25, 0.3) is 0 Å². The summed E-state index contributed by atoms with van der Waals surface area (Å²) in [7, 11) is -2.82. The minimum atomic E-state index is -2.82. The first-order valence-electron chi connectivity index (χ1n) is 19.7. The van der Waals surface area contributed by atoms with Crippen molar-refractivity contribution in [2.45, 2.75) is 0 Å². The predicted octanol–water partition coefficient (Wildman–Crippen LogP) is 10.9. The molecule has 0 amide bonds. The smallest absolute Gasteiger partial charge is 0.179 e. The fourth-order valence-corrected chi connectivity index (χ4v) is 14.3. The molecule has 11 aromatic rings. The molecule has 2 nitrogen and oxygen atoms in total. The van der Waals surface area contributed by atoms with E-state index in [9.17, 15) is 0 Å². The molecule has 57 heavy (non-hydrogen) atoms. The van der Waals surface area contributed by atoms with Gasteiger partial charge < -0.3 is 9.13 Å². The lowest BCUT2D eigenvalue weighted by molar-refractivity contribution is 1.14. The molecule has 0 spiro atoms. The summed E-state index contributed by atoms with van der Waals surface area (Å²) in [4.78, 5) is 0. The third-order valence-corrected chi connectivity index (χ3v) is 16.6. The summed E-state index contributed by atoms with van der Waals surface area (Å²) in [5, 5.41) is 10.4. The van der Waals surface area contributed by atoms with Gasteiger partial charge >= 0.3 is 0 Å². The monoisotopic (exact) mass is 742 g/mol. The Morgan fingerprint density at radius 2 is 0.579 bits per heavy atom. The van der Waals surface area contributed by atoms with Crippen LogP contribution in [0.4, 0.5) is 0 Å². The summed E-state index contributed by atoms with van der Waals surface area (Å²) < 4.78 is 4.97. The van der Waals surface area contributed by atoms with Gasteiger partial charge in [-0.2, -0.15) is 0 Å². The minimum absolute atomic E-state index is 1.15. The minimum Gasteiger partial charge on any atom is -0.309 e. The summed E-state index contributed by atoms with van der Waals surface area (Å²) >= 11 is 0. The maximum absolute atomic E-state index is 2.82. The van der Waals surface area contributed by atoms with Crippen LogP contribution in [0.25, 0.3) is 66.1 Å². The molecule has 0 aliphatic rings. The first kappa shape index (κ1) is 33.2. The Bertz CT molecular complexity index is 2900. The van der Waals surface area contributed by atoms with Crippen LogP contribution in [0.3, 0.4) is 0 Å². The second-order valence-corrected chi connectivity index (χ2v) is 18.6.